The van der Waals surface area contributed by atoms with E-state index in [0.29, 0.717) is 18.3 Å². The number of aryl methyl sites for hydroxylation is 1. The molecular formula is C15H23N5O3. The van der Waals surface area contributed by atoms with Crippen molar-refractivity contribution in [1.82, 2.24) is 25.3 Å². The number of imide groups is 1. The lowest BCUT2D eigenvalue weighted by Gasteiger charge is -2.39. The second-order valence-electron chi connectivity index (χ2n) is 6.53. The second-order valence-corrected chi connectivity index (χ2v) is 6.53. The molecule has 0 saturated carbocycles. The average molecular weight is 321 g/mol. The molecule has 23 heavy (non-hydrogen) atoms. The molecule has 2 aliphatic heterocycles. The predicted molar refractivity (Wildman–Crippen MR) is 81.4 cm³/mol. The number of likely N-dealkylation sites (N-methyl/N-ethyl adjacent to an activating group) is 1. The van der Waals surface area contributed by atoms with Gasteiger partial charge >= 0.3 is 6.03 Å². The Bertz CT molecular complexity index is 616. The van der Waals surface area contributed by atoms with Crippen molar-refractivity contribution in [3.8, 4) is 0 Å². The van der Waals surface area contributed by atoms with Crippen LogP contribution in [0.4, 0.5) is 4.79 Å². The average Bonchev–Trinajstić information content (AvgIpc) is 3.07. The molecule has 0 unspecified atom stereocenters. The van der Waals surface area contributed by atoms with Gasteiger partial charge < -0.3 is 9.84 Å². The number of carbonyl (C=O) groups is 2. The van der Waals surface area contributed by atoms with Crippen LogP contribution in [-0.4, -0.2) is 57.6 Å². The molecule has 3 amide bonds. The Morgan fingerprint density at radius 2 is 2.22 bits per heavy atom. The molecule has 3 heterocycles. The first-order valence-corrected chi connectivity index (χ1v) is 8.08. The van der Waals surface area contributed by atoms with E-state index in [-0.39, 0.29) is 17.9 Å². The zero-order chi connectivity index (χ0) is 16.6. The number of likely N-dealkylation sites (tertiary alicyclic amines) is 1. The minimum Gasteiger partial charge on any atom is -0.339 e. The predicted octanol–water partition coefficient (Wildman–Crippen LogP) is 0.784. The van der Waals surface area contributed by atoms with Crippen LogP contribution in [-0.2, 0) is 17.8 Å². The van der Waals surface area contributed by atoms with Gasteiger partial charge in [0, 0.05) is 25.9 Å². The molecule has 0 radical (unpaired) electrons. The smallest absolute Gasteiger partial charge is 0.324 e. The van der Waals surface area contributed by atoms with Crippen LogP contribution in [0, 0.1) is 5.92 Å². The van der Waals surface area contributed by atoms with Crippen LogP contribution in [0.25, 0.3) is 0 Å². The Morgan fingerprint density at radius 3 is 2.83 bits per heavy atom. The molecule has 0 aliphatic carbocycles. The number of amides is 3. The highest BCUT2D eigenvalue weighted by Gasteiger charge is 2.51. The van der Waals surface area contributed by atoms with E-state index in [9.17, 15) is 9.59 Å². The zero-order valence-corrected chi connectivity index (χ0v) is 13.8. The summed E-state index contributed by atoms with van der Waals surface area (Å²) in [6.45, 7) is 6.06. The standard InChI is InChI=1S/C15H23N5O3/c1-4-12-16-11(18-23-12)9-20-7-5-6-10(8-20)15(2)13(21)19(3)14(22)17-15/h10H,4-9H2,1-3H3,(H,17,22)/t10-,15+/m1/s1. The van der Waals surface area contributed by atoms with E-state index >= 15 is 0 Å². The van der Waals surface area contributed by atoms with Gasteiger partial charge in [-0.25, -0.2) is 4.79 Å². The van der Waals surface area contributed by atoms with E-state index in [1.165, 1.54) is 11.9 Å². The molecule has 2 aliphatic rings. The number of piperidine rings is 1. The summed E-state index contributed by atoms with van der Waals surface area (Å²) in [5.41, 5.74) is -0.823. The van der Waals surface area contributed by atoms with E-state index in [1.807, 2.05) is 13.8 Å². The van der Waals surface area contributed by atoms with Crippen molar-refractivity contribution < 1.29 is 14.1 Å². The van der Waals surface area contributed by atoms with Crippen molar-refractivity contribution >= 4 is 11.9 Å². The van der Waals surface area contributed by atoms with Gasteiger partial charge in [-0.15, -0.1) is 0 Å². The fourth-order valence-electron chi connectivity index (χ4n) is 3.45. The lowest BCUT2D eigenvalue weighted by Crippen LogP contribution is -2.55. The van der Waals surface area contributed by atoms with E-state index in [2.05, 4.69) is 20.4 Å². The Labute approximate surface area is 135 Å². The van der Waals surface area contributed by atoms with Crippen LogP contribution in [0.1, 0.15) is 38.4 Å². The molecule has 1 N–H and O–H groups in total. The first-order valence-electron chi connectivity index (χ1n) is 8.08. The molecular weight excluding hydrogens is 298 g/mol. The van der Waals surface area contributed by atoms with Crippen LogP contribution >= 0.6 is 0 Å². The summed E-state index contributed by atoms with van der Waals surface area (Å²) in [6.07, 6.45) is 2.62. The van der Waals surface area contributed by atoms with Gasteiger partial charge in [-0.1, -0.05) is 12.1 Å². The molecule has 2 atom stereocenters. The molecule has 8 heteroatoms. The fraction of sp³-hybridized carbons (Fsp3) is 0.733. The minimum atomic E-state index is -0.823. The van der Waals surface area contributed by atoms with Crippen LogP contribution in [0.3, 0.4) is 0 Å². The molecule has 126 valence electrons. The fourth-order valence-corrected chi connectivity index (χ4v) is 3.45. The second kappa shape index (κ2) is 5.92. The van der Waals surface area contributed by atoms with Crippen molar-refractivity contribution in [2.75, 3.05) is 20.1 Å². The molecule has 0 aromatic carbocycles. The summed E-state index contributed by atoms with van der Waals surface area (Å²) in [5.74, 6) is 1.24. The van der Waals surface area contributed by atoms with Crippen LogP contribution in [0.15, 0.2) is 4.52 Å². The first kappa shape index (κ1) is 15.9. The van der Waals surface area contributed by atoms with E-state index in [4.69, 9.17) is 4.52 Å². The number of nitrogens with zero attached hydrogens (tertiary/aromatic N) is 4. The summed E-state index contributed by atoms with van der Waals surface area (Å²) >= 11 is 0. The highest BCUT2D eigenvalue weighted by Crippen LogP contribution is 2.32. The van der Waals surface area contributed by atoms with Gasteiger partial charge in [0.2, 0.25) is 5.89 Å². The van der Waals surface area contributed by atoms with Gasteiger partial charge in [0.15, 0.2) is 5.82 Å². The van der Waals surface area contributed by atoms with Gasteiger partial charge in [0.1, 0.15) is 5.54 Å². The number of urea groups is 1. The van der Waals surface area contributed by atoms with Crippen molar-refractivity contribution in [1.29, 1.82) is 0 Å². The number of hydrogen-bond acceptors (Lipinski definition) is 6. The van der Waals surface area contributed by atoms with E-state index in [1.54, 1.807) is 0 Å². The molecule has 8 nitrogen and oxygen atoms in total. The highest BCUT2D eigenvalue weighted by molar-refractivity contribution is 6.06. The molecule has 1 aromatic heterocycles. The number of rotatable bonds is 4. The van der Waals surface area contributed by atoms with E-state index in [0.717, 1.165) is 32.4 Å². The third kappa shape index (κ3) is 2.83. The lowest BCUT2D eigenvalue weighted by atomic mass is 9.80. The molecule has 1 aromatic rings. The van der Waals surface area contributed by atoms with Crippen LogP contribution in [0.2, 0.25) is 0 Å². The van der Waals surface area contributed by atoms with Crippen molar-refractivity contribution in [3.63, 3.8) is 0 Å². The number of aromatic nitrogens is 2. The topological polar surface area (TPSA) is 91.6 Å². The van der Waals surface area contributed by atoms with Gasteiger partial charge in [-0.3, -0.25) is 14.6 Å². The van der Waals surface area contributed by atoms with E-state index < -0.39 is 5.54 Å². The quantitative estimate of drug-likeness (QED) is 0.824. The molecule has 2 fully saturated rings. The summed E-state index contributed by atoms with van der Waals surface area (Å²) in [7, 11) is 1.52. The number of hydrogen-bond donors (Lipinski definition) is 1. The number of carbonyl (C=O) groups excluding carboxylic acids is 2. The maximum absolute atomic E-state index is 12.4. The minimum absolute atomic E-state index is 0.0789. The Hall–Kier alpha value is -1.96. The van der Waals surface area contributed by atoms with Gasteiger partial charge in [0.05, 0.1) is 6.54 Å². The van der Waals surface area contributed by atoms with Crippen molar-refractivity contribution in [2.24, 2.45) is 5.92 Å². The van der Waals surface area contributed by atoms with Gasteiger partial charge in [-0.2, -0.15) is 4.98 Å². The zero-order valence-electron chi connectivity index (χ0n) is 13.8. The molecule has 3 rings (SSSR count). The Kier molecular flexibility index (Phi) is 4.09. The lowest BCUT2D eigenvalue weighted by molar-refractivity contribution is -0.132. The summed E-state index contributed by atoms with van der Waals surface area (Å²) in [6, 6.07) is -0.319. The third-order valence-corrected chi connectivity index (χ3v) is 4.92. The maximum atomic E-state index is 12.4. The van der Waals surface area contributed by atoms with Crippen LogP contribution in [0.5, 0.6) is 0 Å². The first-order chi connectivity index (χ1) is 10.9. The third-order valence-electron chi connectivity index (χ3n) is 4.92. The monoisotopic (exact) mass is 321 g/mol. The summed E-state index contributed by atoms with van der Waals surface area (Å²) < 4.78 is 5.14. The largest absolute Gasteiger partial charge is 0.339 e. The Morgan fingerprint density at radius 1 is 1.43 bits per heavy atom. The molecule has 0 bridgehead atoms. The summed E-state index contributed by atoms with van der Waals surface area (Å²) in [4.78, 5) is 32.0. The van der Waals surface area contributed by atoms with Gasteiger partial charge in [0.25, 0.3) is 5.91 Å². The van der Waals surface area contributed by atoms with Gasteiger partial charge in [-0.05, 0) is 26.3 Å². The highest BCUT2D eigenvalue weighted by atomic mass is 16.5. The molecule has 0 spiro atoms. The van der Waals surface area contributed by atoms with Crippen LogP contribution < -0.4 is 5.32 Å². The Balaban J connectivity index is 1.68. The molecule has 2 saturated heterocycles. The maximum Gasteiger partial charge on any atom is 0.324 e. The van der Waals surface area contributed by atoms with Crippen molar-refractivity contribution in [2.45, 2.75) is 45.2 Å². The number of nitrogens with one attached hydrogen (secondary N) is 1. The summed E-state index contributed by atoms with van der Waals surface area (Å²) in [5, 5.41) is 6.85. The van der Waals surface area contributed by atoms with Crippen molar-refractivity contribution in [3.05, 3.63) is 11.7 Å². The normalized spacial score (nSPS) is 29.2. The SMILES string of the molecule is CCc1nc(CN2CCC[C@@H]([C@]3(C)NC(=O)N(C)C3=O)C2)no1.